The zero-order valence-electron chi connectivity index (χ0n) is 17.1. The van der Waals surface area contributed by atoms with E-state index >= 15 is 0 Å². The number of rotatable bonds is 7. The monoisotopic (exact) mass is 452 g/mol. The number of morpholine rings is 1. The third kappa shape index (κ3) is 5.13. The van der Waals surface area contributed by atoms with Gasteiger partial charge in [-0.25, -0.2) is 8.42 Å². The minimum atomic E-state index is -3.71. The zero-order valence-corrected chi connectivity index (χ0v) is 18.7. The number of Topliss-reactive ketones (excluding diaryl/α,β-unsaturated/α-hetero) is 1. The van der Waals surface area contributed by atoms with Gasteiger partial charge in [0.05, 0.1) is 35.8 Å². The number of carbonyl (C=O) groups excluding carboxylic acids is 1. The molecule has 1 saturated heterocycles. The maximum atomic E-state index is 13.0. The lowest BCUT2D eigenvalue weighted by Gasteiger charge is -2.34. The number of carbonyl (C=O) groups is 1. The average molecular weight is 453 g/mol. The number of hydrogen-bond acceptors (Lipinski definition) is 6. The van der Waals surface area contributed by atoms with E-state index in [4.69, 9.17) is 21.1 Å². The molecule has 0 spiro atoms. The normalized spacial score (nSPS) is 20.0. The maximum Gasteiger partial charge on any atom is 0.243 e. The molecule has 1 heterocycles. The lowest BCUT2D eigenvalue weighted by molar-refractivity contribution is -0.0440. The molecule has 1 aliphatic rings. The minimum absolute atomic E-state index is 0.00220. The number of hydrogen-bond donors (Lipinski definition) is 1. The minimum Gasteiger partial charge on any atom is -0.495 e. The van der Waals surface area contributed by atoms with E-state index in [1.807, 2.05) is 13.8 Å². The second-order valence-electron chi connectivity index (χ2n) is 7.23. The van der Waals surface area contributed by atoms with Crippen LogP contribution < -0.4 is 10.1 Å². The number of nitrogens with zero attached hydrogens (tertiary/aromatic N) is 1. The number of benzene rings is 2. The molecule has 1 N–H and O–H groups in total. The molecule has 9 heteroatoms. The Morgan fingerprint density at radius 3 is 2.53 bits per heavy atom. The lowest BCUT2D eigenvalue weighted by atomic mass is 10.1. The number of methoxy groups -OCH3 is 1. The van der Waals surface area contributed by atoms with Crippen LogP contribution in [0.15, 0.2) is 47.4 Å². The highest BCUT2D eigenvalue weighted by Gasteiger charge is 2.32. The molecule has 2 aromatic rings. The molecule has 2 aromatic carbocycles. The molecule has 0 aliphatic carbocycles. The molecule has 3 rings (SSSR count). The van der Waals surface area contributed by atoms with Gasteiger partial charge in [0.15, 0.2) is 5.78 Å². The Morgan fingerprint density at radius 1 is 1.20 bits per heavy atom. The molecule has 30 heavy (non-hydrogen) atoms. The van der Waals surface area contributed by atoms with Crippen molar-refractivity contribution in [2.75, 3.05) is 32.1 Å². The summed E-state index contributed by atoms with van der Waals surface area (Å²) in [6.45, 7) is 4.25. The first-order valence-corrected chi connectivity index (χ1v) is 11.4. The summed E-state index contributed by atoms with van der Waals surface area (Å²) in [5.74, 6) is 0.306. The highest BCUT2D eigenvalue weighted by Crippen LogP contribution is 2.27. The summed E-state index contributed by atoms with van der Waals surface area (Å²) in [4.78, 5) is 12.7. The summed E-state index contributed by atoms with van der Waals surface area (Å²) < 4.78 is 38.2. The van der Waals surface area contributed by atoms with Crippen LogP contribution in [0.5, 0.6) is 5.75 Å². The van der Waals surface area contributed by atoms with Gasteiger partial charge >= 0.3 is 0 Å². The highest BCUT2D eigenvalue weighted by atomic mass is 35.5. The van der Waals surface area contributed by atoms with Crippen LogP contribution in [0.2, 0.25) is 5.02 Å². The molecule has 0 amide bonds. The van der Waals surface area contributed by atoms with E-state index in [2.05, 4.69) is 5.32 Å². The lowest BCUT2D eigenvalue weighted by Crippen LogP contribution is -2.48. The fraction of sp³-hybridized carbons (Fsp3) is 0.381. The highest BCUT2D eigenvalue weighted by molar-refractivity contribution is 7.89. The Labute approximate surface area is 182 Å². The van der Waals surface area contributed by atoms with E-state index in [0.29, 0.717) is 22.0 Å². The third-order valence-electron chi connectivity index (χ3n) is 4.78. The summed E-state index contributed by atoms with van der Waals surface area (Å²) >= 11 is 6.10. The first-order chi connectivity index (χ1) is 14.2. The van der Waals surface area contributed by atoms with Gasteiger partial charge in [-0.05, 0) is 44.2 Å². The van der Waals surface area contributed by atoms with Gasteiger partial charge in [-0.2, -0.15) is 4.31 Å². The Balaban J connectivity index is 1.73. The van der Waals surface area contributed by atoms with Crippen molar-refractivity contribution in [1.29, 1.82) is 0 Å². The van der Waals surface area contributed by atoms with Crippen LogP contribution in [0.4, 0.5) is 5.69 Å². The molecule has 162 valence electrons. The van der Waals surface area contributed by atoms with E-state index in [9.17, 15) is 13.2 Å². The molecule has 2 atom stereocenters. The van der Waals surface area contributed by atoms with E-state index in [1.54, 1.807) is 30.3 Å². The van der Waals surface area contributed by atoms with Crippen LogP contribution in [0.25, 0.3) is 0 Å². The van der Waals surface area contributed by atoms with E-state index in [0.717, 1.165) is 0 Å². The van der Waals surface area contributed by atoms with Gasteiger partial charge in [-0.15, -0.1) is 0 Å². The molecule has 0 aromatic heterocycles. The summed E-state index contributed by atoms with van der Waals surface area (Å²) in [5.41, 5.74) is 0.978. The van der Waals surface area contributed by atoms with Crippen LogP contribution in [0.3, 0.4) is 0 Å². The van der Waals surface area contributed by atoms with E-state index < -0.39 is 10.0 Å². The maximum absolute atomic E-state index is 13.0. The van der Waals surface area contributed by atoms with Crippen molar-refractivity contribution in [3.05, 3.63) is 53.1 Å². The van der Waals surface area contributed by atoms with Gasteiger partial charge in [-0.1, -0.05) is 23.7 Å². The summed E-state index contributed by atoms with van der Waals surface area (Å²) in [5, 5.41) is 3.43. The first-order valence-electron chi connectivity index (χ1n) is 9.57. The van der Waals surface area contributed by atoms with Crippen molar-refractivity contribution in [1.82, 2.24) is 4.31 Å². The average Bonchev–Trinajstić information content (AvgIpc) is 2.71. The fourth-order valence-corrected chi connectivity index (χ4v) is 5.26. The standard InChI is InChI=1S/C21H25ClN2O5S/c1-14-12-24(13-15(2)29-14)30(26,27)18-6-4-5-16(9-18)20(25)11-23-17-7-8-21(28-3)19(22)10-17/h4-10,14-15,23H,11-13H2,1-3H3. The van der Waals surface area contributed by atoms with E-state index in [-0.39, 0.29) is 42.5 Å². The molecule has 2 unspecified atom stereocenters. The summed E-state index contributed by atoms with van der Waals surface area (Å²) in [6.07, 6.45) is -0.372. The zero-order chi connectivity index (χ0) is 21.9. The number of anilines is 1. The first kappa shape index (κ1) is 22.6. The molecule has 0 bridgehead atoms. The van der Waals surface area contributed by atoms with Crippen LogP contribution in [-0.4, -0.2) is 57.5 Å². The fourth-order valence-electron chi connectivity index (χ4n) is 3.37. The molecule has 1 fully saturated rings. The van der Waals surface area contributed by atoms with Gasteiger partial charge in [0.1, 0.15) is 5.75 Å². The summed E-state index contributed by atoms with van der Waals surface area (Å²) in [6, 6.07) is 11.2. The van der Waals surface area contributed by atoms with Gasteiger partial charge < -0.3 is 14.8 Å². The molecule has 1 aliphatic heterocycles. The van der Waals surface area contributed by atoms with Crippen LogP contribution >= 0.6 is 11.6 Å². The third-order valence-corrected chi connectivity index (χ3v) is 6.91. The van der Waals surface area contributed by atoms with Gasteiger partial charge in [0.25, 0.3) is 0 Å². The number of ketones is 1. The van der Waals surface area contributed by atoms with Crippen molar-refractivity contribution < 1.29 is 22.7 Å². The van der Waals surface area contributed by atoms with Gasteiger partial charge in [0, 0.05) is 24.3 Å². The van der Waals surface area contributed by atoms with Crippen LogP contribution in [0, 0.1) is 0 Å². The van der Waals surface area contributed by atoms with Crippen LogP contribution in [0.1, 0.15) is 24.2 Å². The van der Waals surface area contributed by atoms with Crippen molar-refractivity contribution >= 4 is 33.1 Å². The Hall–Kier alpha value is -2.13. The van der Waals surface area contributed by atoms with Crippen LogP contribution in [-0.2, 0) is 14.8 Å². The Bertz CT molecular complexity index is 1020. The quantitative estimate of drug-likeness (QED) is 0.648. The number of halogens is 1. The van der Waals surface area contributed by atoms with E-state index in [1.165, 1.54) is 23.5 Å². The SMILES string of the molecule is COc1ccc(NCC(=O)c2cccc(S(=O)(=O)N3CC(C)OC(C)C3)c2)cc1Cl. The second kappa shape index (κ2) is 9.34. The Morgan fingerprint density at radius 2 is 1.90 bits per heavy atom. The predicted molar refractivity (Wildman–Crippen MR) is 116 cm³/mol. The van der Waals surface area contributed by atoms with Crippen molar-refractivity contribution in [2.45, 2.75) is 31.0 Å². The number of ether oxygens (including phenoxy) is 2. The smallest absolute Gasteiger partial charge is 0.243 e. The Kier molecular flexibility index (Phi) is 7.02. The topological polar surface area (TPSA) is 84.9 Å². The number of nitrogens with one attached hydrogen (secondary N) is 1. The molecule has 7 nitrogen and oxygen atoms in total. The molecule has 0 saturated carbocycles. The molecular weight excluding hydrogens is 428 g/mol. The van der Waals surface area contributed by atoms with Gasteiger partial charge in [0.2, 0.25) is 10.0 Å². The van der Waals surface area contributed by atoms with Gasteiger partial charge in [-0.3, -0.25) is 4.79 Å². The number of sulfonamides is 1. The second-order valence-corrected chi connectivity index (χ2v) is 9.58. The molecular formula is C21H25ClN2O5S. The predicted octanol–water partition coefficient (Wildman–Crippen LogP) is 3.44. The van der Waals surface area contributed by atoms with Crippen molar-refractivity contribution in [3.8, 4) is 5.75 Å². The molecule has 0 radical (unpaired) electrons. The van der Waals surface area contributed by atoms with Crippen molar-refractivity contribution in [2.24, 2.45) is 0 Å². The van der Waals surface area contributed by atoms with Crippen molar-refractivity contribution in [3.63, 3.8) is 0 Å². The summed E-state index contributed by atoms with van der Waals surface area (Å²) in [7, 11) is -2.19. The largest absolute Gasteiger partial charge is 0.495 e.